The minimum atomic E-state index is 0.673. The second-order valence-corrected chi connectivity index (χ2v) is 10.5. The Labute approximate surface area is 245 Å². The van der Waals surface area contributed by atoms with Crippen molar-refractivity contribution in [1.29, 1.82) is 5.26 Å². The molecule has 4 heteroatoms. The second kappa shape index (κ2) is 17.0. The van der Waals surface area contributed by atoms with Crippen molar-refractivity contribution in [3.05, 3.63) is 90.5 Å². The first kappa shape index (κ1) is 30.0. The molecule has 0 fully saturated rings. The summed E-state index contributed by atoms with van der Waals surface area (Å²) < 4.78 is 18.3. The van der Waals surface area contributed by atoms with E-state index in [0.717, 1.165) is 77.9 Å². The summed E-state index contributed by atoms with van der Waals surface area (Å²) in [4.78, 5) is 0. The molecule has 0 N–H and O–H groups in total. The Kier molecular flexibility index (Phi) is 12.4. The van der Waals surface area contributed by atoms with E-state index in [1.807, 2.05) is 36.4 Å². The molecule has 4 aromatic rings. The highest BCUT2D eigenvalue weighted by Gasteiger charge is 2.07. The van der Waals surface area contributed by atoms with Gasteiger partial charge in [0.1, 0.15) is 17.2 Å². The van der Waals surface area contributed by atoms with E-state index in [9.17, 15) is 0 Å². The van der Waals surface area contributed by atoms with Crippen LogP contribution in [0.15, 0.2) is 84.9 Å². The average molecular weight is 550 g/mol. The number of ether oxygens (including phenoxy) is 3. The molecule has 41 heavy (non-hydrogen) atoms. The van der Waals surface area contributed by atoms with Gasteiger partial charge in [-0.2, -0.15) is 5.26 Å². The van der Waals surface area contributed by atoms with E-state index in [0.29, 0.717) is 18.8 Å². The van der Waals surface area contributed by atoms with E-state index in [-0.39, 0.29) is 0 Å². The molecular formula is C37H43NO3. The number of hydrogen-bond donors (Lipinski definition) is 0. The van der Waals surface area contributed by atoms with E-state index in [2.05, 4.69) is 61.5 Å². The van der Waals surface area contributed by atoms with Gasteiger partial charge in [-0.1, -0.05) is 87.6 Å². The highest BCUT2D eigenvalue weighted by molar-refractivity contribution is 5.93. The lowest BCUT2D eigenvalue weighted by atomic mass is 10.0. The van der Waals surface area contributed by atoms with Gasteiger partial charge >= 0.3 is 0 Å². The van der Waals surface area contributed by atoms with Gasteiger partial charge in [-0.15, -0.1) is 0 Å². The second-order valence-electron chi connectivity index (χ2n) is 10.5. The molecule has 0 saturated carbocycles. The molecule has 4 nitrogen and oxygen atoms in total. The van der Waals surface area contributed by atoms with Crippen LogP contribution in [0.5, 0.6) is 17.2 Å². The van der Waals surface area contributed by atoms with Crippen molar-refractivity contribution in [2.75, 3.05) is 19.8 Å². The van der Waals surface area contributed by atoms with Crippen LogP contribution >= 0.6 is 0 Å². The summed E-state index contributed by atoms with van der Waals surface area (Å²) in [6, 6.07) is 30.4. The Morgan fingerprint density at radius 3 is 1.49 bits per heavy atom. The van der Waals surface area contributed by atoms with Crippen LogP contribution < -0.4 is 14.2 Å². The van der Waals surface area contributed by atoms with Gasteiger partial charge in [0.15, 0.2) is 0 Å². The summed E-state index contributed by atoms with van der Waals surface area (Å²) in [7, 11) is 0. The van der Waals surface area contributed by atoms with Gasteiger partial charge in [-0.25, -0.2) is 0 Å². The maximum Gasteiger partial charge on any atom is 0.127 e. The van der Waals surface area contributed by atoms with Crippen LogP contribution in [0.25, 0.3) is 21.9 Å². The van der Waals surface area contributed by atoms with Crippen molar-refractivity contribution in [3.8, 4) is 34.4 Å². The number of fused-ring (bicyclic) bond motifs is 1. The first-order valence-corrected chi connectivity index (χ1v) is 15.3. The standard InChI is InChI=1S/C37H43NO3/c1-2-3-4-5-6-10-27-40-36-16-12-15-35-34(36)14-13-17-37(35)41-28-11-8-7-9-26-39-33-24-22-32(23-25-33)31-20-18-30(29-38)19-21-31/h12-25H,2-11,26-28H2,1H3. The molecule has 0 aliphatic rings. The van der Waals surface area contributed by atoms with E-state index in [1.165, 1.54) is 32.1 Å². The quantitative estimate of drug-likeness (QED) is 0.116. The maximum atomic E-state index is 8.96. The van der Waals surface area contributed by atoms with Crippen molar-refractivity contribution >= 4 is 10.8 Å². The summed E-state index contributed by atoms with van der Waals surface area (Å²) in [6.45, 7) is 4.44. The normalized spacial score (nSPS) is 10.8. The number of nitriles is 1. The molecule has 214 valence electrons. The molecule has 0 radical (unpaired) electrons. The molecule has 0 amide bonds. The van der Waals surface area contributed by atoms with Gasteiger partial charge in [0.25, 0.3) is 0 Å². The number of rotatable bonds is 18. The maximum absolute atomic E-state index is 8.96. The molecule has 0 saturated heterocycles. The summed E-state index contributed by atoms with van der Waals surface area (Å²) in [5.74, 6) is 2.77. The zero-order valence-corrected chi connectivity index (χ0v) is 24.4. The molecule has 4 aromatic carbocycles. The molecule has 0 unspecified atom stereocenters. The summed E-state index contributed by atoms with van der Waals surface area (Å²) in [5.41, 5.74) is 2.88. The predicted octanol–water partition coefficient (Wildman–Crippen LogP) is 10.1. The Bertz CT molecular complexity index is 1360. The largest absolute Gasteiger partial charge is 0.494 e. The van der Waals surface area contributed by atoms with Crippen LogP contribution in [0.2, 0.25) is 0 Å². The fourth-order valence-corrected chi connectivity index (χ4v) is 4.98. The molecular weight excluding hydrogens is 506 g/mol. The van der Waals surface area contributed by atoms with Crippen LogP contribution in [0.3, 0.4) is 0 Å². The molecule has 0 heterocycles. The zero-order chi connectivity index (χ0) is 28.5. The van der Waals surface area contributed by atoms with Gasteiger partial charge in [-0.3, -0.25) is 0 Å². The minimum absolute atomic E-state index is 0.673. The monoisotopic (exact) mass is 549 g/mol. The van der Waals surface area contributed by atoms with Crippen LogP contribution in [0, 0.1) is 11.3 Å². The van der Waals surface area contributed by atoms with E-state index < -0.39 is 0 Å². The number of nitrogens with zero attached hydrogens (tertiary/aromatic N) is 1. The Morgan fingerprint density at radius 1 is 0.512 bits per heavy atom. The lowest BCUT2D eigenvalue weighted by Gasteiger charge is -2.13. The first-order chi connectivity index (χ1) is 20.3. The smallest absolute Gasteiger partial charge is 0.127 e. The highest BCUT2D eigenvalue weighted by atomic mass is 16.5. The zero-order valence-electron chi connectivity index (χ0n) is 24.4. The van der Waals surface area contributed by atoms with Crippen molar-refractivity contribution in [2.24, 2.45) is 0 Å². The van der Waals surface area contributed by atoms with E-state index >= 15 is 0 Å². The van der Waals surface area contributed by atoms with Gasteiger partial charge in [0.2, 0.25) is 0 Å². The van der Waals surface area contributed by atoms with Crippen LogP contribution in [0.4, 0.5) is 0 Å². The fourth-order valence-electron chi connectivity index (χ4n) is 4.98. The van der Waals surface area contributed by atoms with Crippen molar-refractivity contribution < 1.29 is 14.2 Å². The number of benzene rings is 4. The topological polar surface area (TPSA) is 51.5 Å². The van der Waals surface area contributed by atoms with E-state index in [4.69, 9.17) is 19.5 Å². The Hall–Kier alpha value is -3.97. The third-order valence-corrected chi connectivity index (χ3v) is 7.36. The lowest BCUT2D eigenvalue weighted by molar-refractivity contribution is 0.289. The summed E-state index contributed by atoms with van der Waals surface area (Å²) >= 11 is 0. The van der Waals surface area contributed by atoms with Crippen LogP contribution in [-0.4, -0.2) is 19.8 Å². The SMILES string of the molecule is CCCCCCCCOc1cccc2c(OCCCCCCOc3ccc(-c4ccc(C#N)cc4)cc3)cccc12. The Morgan fingerprint density at radius 2 is 0.976 bits per heavy atom. The minimum Gasteiger partial charge on any atom is -0.494 e. The molecule has 0 aliphatic heterocycles. The van der Waals surface area contributed by atoms with Crippen LogP contribution in [-0.2, 0) is 0 Å². The molecule has 0 atom stereocenters. The molecule has 4 rings (SSSR count). The predicted molar refractivity (Wildman–Crippen MR) is 169 cm³/mol. The van der Waals surface area contributed by atoms with Crippen molar-refractivity contribution in [3.63, 3.8) is 0 Å². The number of unbranched alkanes of at least 4 members (excludes halogenated alkanes) is 8. The Balaban J connectivity index is 1.12. The van der Waals surface area contributed by atoms with Crippen molar-refractivity contribution in [2.45, 2.75) is 71.1 Å². The third-order valence-electron chi connectivity index (χ3n) is 7.36. The summed E-state index contributed by atoms with van der Waals surface area (Å²) in [6.07, 6.45) is 11.8. The van der Waals surface area contributed by atoms with Gasteiger partial charge in [0.05, 0.1) is 31.5 Å². The van der Waals surface area contributed by atoms with Gasteiger partial charge in [0, 0.05) is 10.8 Å². The highest BCUT2D eigenvalue weighted by Crippen LogP contribution is 2.32. The molecule has 0 aliphatic carbocycles. The third kappa shape index (κ3) is 9.57. The average Bonchev–Trinajstić information content (AvgIpc) is 3.02. The molecule has 0 aromatic heterocycles. The van der Waals surface area contributed by atoms with Gasteiger partial charge in [-0.05, 0) is 79.6 Å². The van der Waals surface area contributed by atoms with Crippen LogP contribution in [0.1, 0.15) is 76.7 Å². The van der Waals surface area contributed by atoms with Crippen molar-refractivity contribution in [1.82, 2.24) is 0 Å². The molecule has 0 bridgehead atoms. The summed E-state index contributed by atoms with van der Waals surface area (Å²) in [5, 5.41) is 11.2. The number of hydrogen-bond acceptors (Lipinski definition) is 4. The van der Waals surface area contributed by atoms with Gasteiger partial charge < -0.3 is 14.2 Å². The lowest BCUT2D eigenvalue weighted by Crippen LogP contribution is -2.01. The fraction of sp³-hybridized carbons (Fsp3) is 0.378. The van der Waals surface area contributed by atoms with E-state index in [1.54, 1.807) is 0 Å². The first-order valence-electron chi connectivity index (χ1n) is 15.3. The molecule has 0 spiro atoms.